The molecule has 1 rings (SSSR count). The number of hydrogen-bond donors (Lipinski definition) is 1. The van der Waals surface area contributed by atoms with Crippen LogP contribution in [0.5, 0.6) is 0 Å². The van der Waals surface area contributed by atoms with Gasteiger partial charge in [0.15, 0.2) is 0 Å². The number of nitrogens with zero attached hydrogens (tertiary/aromatic N) is 1. The summed E-state index contributed by atoms with van der Waals surface area (Å²) in [4.78, 5) is 3.93. The molecule has 1 aromatic rings. The van der Waals surface area contributed by atoms with Gasteiger partial charge in [-0.15, -0.1) is 0 Å². The maximum absolute atomic E-state index is 12.0. The number of alkyl halides is 3. The Kier molecular flexibility index (Phi) is 5.72. The molecule has 0 spiro atoms. The summed E-state index contributed by atoms with van der Waals surface area (Å²) < 4.78 is 36.6. The number of hydrogen-bond acceptors (Lipinski definition) is 2. The fourth-order valence-electron chi connectivity index (χ4n) is 1.47. The van der Waals surface area contributed by atoms with Gasteiger partial charge in [-0.25, -0.2) is 4.98 Å². The molecule has 0 radical (unpaired) electrons. The maximum atomic E-state index is 12.0. The van der Waals surface area contributed by atoms with E-state index in [0.717, 1.165) is 5.69 Å². The molecule has 1 aromatic heterocycles. The summed E-state index contributed by atoms with van der Waals surface area (Å²) in [6.45, 7) is 1.83. The monoisotopic (exact) mass is 344 g/mol. The summed E-state index contributed by atoms with van der Waals surface area (Å²) in [6, 6.07) is 1.69. The summed E-state index contributed by atoms with van der Waals surface area (Å²) in [5.74, 6) is 0. The highest BCUT2D eigenvalue weighted by Gasteiger charge is 2.26. The third-order valence-electron chi connectivity index (χ3n) is 2.31. The van der Waals surface area contributed by atoms with Crippen molar-refractivity contribution in [3.05, 3.63) is 21.9 Å². The molecular formula is C11H13BrClF3N2. The lowest BCUT2D eigenvalue weighted by atomic mass is 10.1. The average molecular weight is 346 g/mol. The van der Waals surface area contributed by atoms with Gasteiger partial charge in [0.1, 0.15) is 5.15 Å². The summed E-state index contributed by atoms with van der Waals surface area (Å²) in [5.41, 5.74) is 0.728. The first-order chi connectivity index (χ1) is 8.28. The molecule has 0 saturated heterocycles. The molecule has 1 unspecified atom stereocenters. The summed E-state index contributed by atoms with van der Waals surface area (Å²) in [7, 11) is 0. The fraction of sp³-hybridized carbons (Fsp3) is 0.545. The third-order valence-corrected chi connectivity index (χ3v) is 3.44. The first-order valence-corrected chi connectivity index (χ1v) is 6.59. The number of rotatable bonds is 5. The number of halogens is 5. The zero-order chi connectivity index (χ0) is 13.8. The van der Waals surface area contributed by atoms with E-state index in [1.807, 2.05) is 6.92 Å². The third kappa shape index (κ3) is 5.91. The SMILES string of the molecule is CC(CCCC(F)(F)F)Nc1cnc(Cl)c(Br)c1. The van der Waals surface area contributed by atoms with Crippen molar-refractivity contribution >= 4 is 33.2 Å². The lowest BCUT2D eigenvalue weighted by molar-refractivity contribution is -0.135. The molecule has 1 atom stereocenters. The van der Waals surface area contributed by atoms with Gasteiger partial charge in [-0.1, -0.05) is 11.6 Å². The molecule has 1 N–H and O–H groups in total. The van der Waals surface area contributed by atoms with Crippen LogP contribution in [0.15, 0.2) is 16.7 Å². The zero-order valence-electron chi connectivity index (χ0n) is 9.69. The molecule has 0 aromatic carbocycles. The Morgan fingerprint density at radius 3 is 2.72 bits per heavy atom. The minimum Gasteiger partial charge on any atom is -0.381 e. The van der Waals surface area contributed by atoms with Crippen molar-refractivity contribution in [1.29, 1.82) is 0 Å². The second-order valence-corrected chi connectivity index (χ2v) is 5.26. The molecule has 0 saturated carbocycles. The van der Waals surface area contributed by atoms with Crippen molar-refractivity contribution < 1.29 is 13.2 Å². The molecular weight excluding hydrogens is 332 g/mol. The molecule has 0 aliphatic rings. The van der Waals surface area contributed by atoms with Crippen LogP contribution >= 0.6 is 27.5 Å². The van der Waals surface area contributed by atoms with E-state index in [9.17, 15) is 13.2 Å². The van der Waals surface area contributed by atoms with Gasteiger partial charge < -0.3 is 5.32 Å². The molecule has 0 aliphatic heterocycles. The number of aromatic nitrogens is 1. The van der Waals surface area contributed by atoms with Crippen LogP contribution in [0.1, 0.15) is 26.2 Å². The molecule has 1 heterocycles. The van der Waals surface area contributed by atoms with E-state index in [0.29, 0.717) is 16.0 Å². The van der Waals surface area contributed by atoms with E-state index in [4.69, 9.17) is 11.6 Å². The average Bonchev–Trinajstić information content (AvgIpc) is 2.21. The number of pyridine rings is 1. The first kappa shape index (κ1) is 15.6. The molecule has 2 nitrogen and oxygen atoms in total. The smallest absolute Gasteiger partial charge is 0.381 e. The molecule has 102 valence electrons. The van der Waals surface area contributed by atoms with Gasteiger partial charge in [0.25, 0.3) is 0 Å². The zero-order valence-corrected chi connectivity index (χ0v) is 12.0. The molecule has 18 heavy (non-hydrogen) atoms. The fourth-order valence-corrected chi connectivity index (χ4v) is 1.92. The van der Waals surface area contributed by atoms with E-state index in [1.54, 1.807) is 12.3 Å². The second kappa shape index (κ2) is 6.61. The molecule has 0 aliphatic carbocycles. The Hall–Kier alpha value is -0.490. The number of nitrogens with one attached hydrogen (secondary N) is 1. The van der Waals surface area contributed by atoms with Gasteiger partial charge in [-0.2, -0.15) is 13.2 Å². The van der Waals surface area contributed by atoms with Gasteiger partial charge in [0.2, 0.25) is 0 Å². The largest absolute Gasteiger partial charge is 0.389 e. The van der Waals surface area contributed by atoms with Crippen LogP contribution in [-0.4, -0.2) is 17.2 Å². The molecule has 0 amide bonds. The van der Waals surface area contributed by atoms with Crippen molar-refractivity contribution in [2.75, 3.05) is 5.32 Å². The van der Waals surface area contributed by atoms with Gasteiger partial charge >= 0.3 is 6.18 Å². The van der Waals surface area contributed by atoms with E-state index in [2.05, 4.69) is 26.2 Å². The summed E-state index contributed by atoms with van der Waals surface area (Å²) >= 11 is 8.97. The van der Waals surface area contributed by atoms with Crippen LogP contribution < -0.4 is 5.32 Å². The Bertz CT molecular complexity index is 398. The predicted octanol–water partition coefficient (Wildman–Crippen LogP) is 5.03. The van der Waals surface area contributed by atoms with Crippen LogP contribution in [0.25, 0.3) is 0 Å². The quantitative estimate of drug-likeness (QED) is 0.757. The molecule has 0 bridgehead atoms. The van der Waals surface area contributed by atoms with Crippen LogP contribution in [0, 0.1) is 0 Å². The van der Waals surface area contributed by atoms with E-state index in [-0.39, 0.29) is 12.5 Å². The molecule has 0 fully saturated rings. The minimum atomic E-state index is -4.08. The van der Waals surface area contributed by atoms with Crippen molar-refractivity contribution in [2.24, 2.45) is 0 Å². The van der Waals surface area contributed by atoms with Gasteiger partial charge in [0.05, 0.1) is 16.4 Å². The van der Waals surface area contributed by atoms with Crippen LogP contribution in [0.2, 0.25) is 5.15 Å². The van der Waals surface area contributed by atoms with Crippen molar-refractivity contribution in [1.82, 2.24) is 4.98 Å². The van der Waals surface area contributed by atoms with Crippen molar-refractivity contribution in [3.8, 4) is 0 Å². The Labute approximate surface area is 117 Å². The van der Waals surface area contributed by atoms with Crippen LogP contribution in [0.4, 0.5) is 18.9 Å². The standard InChI is InChI=1S/C11H13BrClF3N2/c1-7(3-2-4-11(14,15)16)18-8-5-9(12)10(13)17-6-8/h5-7,18H,2-4H2,1H3. The van der Waals surface area contributed by atoms with Gasteiger partial charge in [-0.3, -0.25) is 0 Å². The van der Waals surface area contributed by atoms with E-state index in [1.165, 1.54) is 0 Å². The first-order valence-electron chi connectivity index (χ1n) is 5.42. The number of anilines is 1. The van der Waals surface area contributed by atoms with E-state index < -0.39 is 12.6 Å². The van der Waals surface area contributed by atoms with Crippen LogP contribution in [0.3, 0.4) is 0 Å². The Morgan fingerprint density at radius 1 is 1.50 bits per heavy atom. The lowest BCUT2D eigenvalue weighted by Gasteiger charge is -2.15. The second-order valence-electron chi connectivity index (χ2n) is 4.05. The summed E-state index contributed by atoms with van der Waals surface area (Å²) in [5, 5.41) is 3.43. The minimum absolute atomic E-state index is 0.0535. The van der Waals surface area contributed by atoms with E-state index >= 15 is 0 Å². The normalized spacial score (nSPS) is 13.4. The predicted molar refractivity (Wildman–Crippen MR) is 69.9 cm³/mol. The maximum Gasteiger partial charge on any atom is 0.389 e. The van der Waals surface area contributed by atoms with Crippen molar-refractivity contribution in [3.63, 3.8) is 0 Å². The lowest BCUT2D eigenvalue weighted by Crippen LogP contribution is -2.16. The highest BCUT2D eigenvalue weighted by Crippen LogP contribution is 2.25. The summed E-state index contributed by atoms with van der Waals surface area (Å²) in [6.07, 6.45) is -2.72. The van der Waals surface area contributed by atoms with Crippen molar-refractivity contribution in [2.45, 2.75) is 38.4 Å². The highest BCUT2D eigenvalue weighted by molar-refractivity contribution is 9.10. The topological polar surface area (TPSA) is 24.9 Å². The van der Waals surface area contributed by atoms with Gasteiger partial charge in [-0.05, 0) is 41.8 Å². The van der Waals surface area contributed by atoms with Gasteiger partial charge in [0, 0.05) is 12.5 Å². The Balaban J connectivity index is 2.40. The highest BCUT2D eigenvalue weighted by atomic mass is 79.9. The van der Waals surface area contributed by atoms with Crippen LogP contribution in [-0.2, 0) is 0 Å². The Morgan fingerprint density at radius 2 is 2.17 bits per heavy atom. The molecule has 7 heteroatoms.